The number of alkyl halides is 1. The SMILES string of the molecule is CC(C)N(CCBr)c1ccnc(N(C)C)n1. The van der Waals surface area contributed by atoms with E-state index in [0.717, 1.165) is 23.6 Å². The Balaban J connectivity index is 2.95. The van der Waals surface area contributed by atoms with Gasteiger partial charge in [-0.25, -0.2) is 4.98 Å². The average Bonchev–Trinajstić information content (AvgIpc) is 2.25. The van der Waals surface area contributed by atoms with E-state index >= 15 is 0 Å². The Hall–Kier alpha value is -0.840. The van der Waals surface area contributed by atoms with E-state index in [0.29, 0.717) is 6.04 Å². The van der Waals surface area contributed by atoms with Crippen molar-refractivity contribution in [2.75, 3.05) is 35.8 Å². The second-order valence-corrected chi connectivity index (χ2v) is 4.88. The highest BCUT2D eigenvalue weighted by atomic mass is 79.9. The maximum atomic E-state index is 4.53. The number of aromatic nitrogens is 2. The van der Waals surface area contributed by atoms with Crippen LogP contribution in [-0.4, -0.2) is 42.0 Å². The molecule has 90 valence electrons. The van der Waals surface area contributed by atoms with E-state index in [9.17, 15) is 0 Å². The average molecular weight is 287 g/mol. The van der Waals surface area contributed by atoms with E-state index < -0.39 is 0 Å². The molecule has 16 heavy (non-hydrogen) atoms. The van der Waals surface area contributed by atoms with Crippen molar-refractivity contribution >= 4 is 27.7 Å². The smallest absolute Gasteiger partial charge is 0.226 e. The third-order valence-corrected chi connectivity index (χ3v) is 2.63. The van der Waals surface area contributed by atoms with Crippen LogP contribution in [-0.2, 0) is 0 Å². The van der Waals surface area contributed by atoms with Crippen LogP contribution in [0.25, 0.3) is 0 Å². The number of nitrogens with zero attached hydrogens (tertiary/aromatic N) is 4. The summed E-state index contributed by atoms with van der Waals surface area (Å²) in [4.78, 5) is 12.9. The highest BCUT2D eigenvalue weighted by Crippen LogP contribution is 2.16. The fourth-order valence-electron chi connectivity index (χ4n) is 1.44. The molecule has 0 aliphatic heterocycles. The van der Waals surface area contributed by atoms with Crippen molar-refractivity contribution in [3.8, 4) is 0 Å². The molecule has 0 unspecified atom stereocenters. The van der Waals surface area contributed by atoms with Gasteiger partial charge in [0, 0.05) is 38.2 Å². The molecule has 0 saturated heterocycles. The summed E-state index contributed by atoms with van der Waals surface area (Å²) >= 11 is 3.47. The Labute approximate surface area is 106 Å². The van der Waals surface area contributed by atoms with Crippen LogP contribution in [0.3, 0.4) is 0 Å². The monoisotopic (exact) mass is 286 g/mol. The zero-order chi connectivity index (χ0) is 12.1. The van der Waals surface area contributed by atoms with Gasteiger partial charge in [0.2, 0.25) is 5.95 Å². The molecule has 1 heterocycles. The number of halogens is 1. The van der Waals surface area contributed by atoms with Crippen molar-refractivity contribution in [2.24, 2.45) is 0 Å². The molecular formula is C11H19BrN4. The first-order valence-electron chi connectivity index (χ1n) is 5.39. The Bertz CT molecular complexity index is 328. The van der Waals surface area contributed by atoms with Gasteiger partial charge in [-0.2, -0.15) is 4.98 Å². The van der Waals surface area contributed by atoms with Gasteiger partial charge in [-0.15, -0.1) is 0 Å². The molecule has 0 aliphatic carbocycles. The van der Waals surface area contributed by atoms with Crippen molar-refractivity contribution in [2.45, 2.75) is 19.9 Å². The first-order valence-corrected chi connectivity index (χ1v) is 6.51. The zero-order valence-corrected chi connectivity index (χ0v) is 11.9. The molecule has 0 amide bonds. The van der Waals surface area contributed by atoms with Crippen molar-refractivity contribution in [1.82, 2.24) is 9.97 Å². The van der Waals surface area contributed by atoms with E-state index in [2.05, 4.69) is 44.6 Å². The molecule has 0 saturated carbocycles. The second-order valence-electron chi connectivity index (χ2n) is 4.09. The number of rotatable bonds is 5. The minimum absolute atomic E-state index is 0.433. The lowest BCUT2D eigenvalue weighted by molar-refractivity contribution is 0.695. The van der Waals surface area contributed by atoms with Crippen LogP contribution >= 0.6 is 15.9 Å². The minimum atomic E-state index is 0.433. The number of anilines is 2. The van der Waals surface area contributed by atoms with Crippen LogP contribution < -0.4 is 9.80 Å². The van der Waals surface area contributed by atoms with E-state index in [1.807, 2.05) is 25.1 Å². The molecule has 0 spiro atoms. The Kier molecular flexibility index (Phi) is 4.99. The molecular weight excluding hydrogens is 268 g/mol. The first-order chi connectivity index (χ1) is 7.56. The maximum absolute atomic E-state index is 4.53. The molecule has 0 fully saturated rings. The van der Waals surface area contributed by atoms with Gasteiger partial charge in [0.1, 0.15) is 5.82 Å². The third-order valence-electron chi connectivity index (χ3n) is 2.27. The van der Waals surface area contributed by atoms with Crippen molar-refractivity contribution in [3.63, 3.8) is 0 Å². The molecule has 0 aromatic carbocycles. The summed E-state index contributed by atoms with van der Waals surface area (Å²) in [7, 11) is 3.90. The van der Waals surface area contributed by atoms with Gasteiger partial charge in [-0.3, -0.25) is 0 Å². The van der Waals surface area contributed by atoms with Crippen LogP contribution in [0.4, 0.5) is 11.8 Å². The number of hydrogen-bond donors (Lipinski definition) is 0. The van der Waals surface area contributed by atoms with Gasteiger partial charge < -0.3 is 9.80 Å². The summed E-state index contributed by atoms with van der Waals surface area (Å²) in [6.07, 6.45) is 1.81. The van der Waals surface area contributed by atoms with Crippen LogP contribution in [0.5, 0.6) is 0 Å². The second kappa shape index (κ2) is 6.03. The molecule has 1 aromatic rings. The van der Waals surface area contributed by atoms with Crippen molar-refractivity contribution in [3.05, 3.63) is 12.3 Å². The lowest BCUT2D eigenvalue weighted by atomic mass is 10.3. The molecule has 5 heteroatoms. The van der Waals surface area contributed by atoms with E-state index in [4.69, 9.17) is 0 Å². The Morgan fingerprint density at radius 2 is 2.06 bits per heavy atom. The molecule has 1 rings (SSSR count). The van der Waals surface area contributed by atoms with Gasteiger partial charge in [-0.05, 0) is 19.9 Å². The zero-order valence-electron chi connectivity index (χ0n) is 10.3. The quantitative estimate of drug-likeness (QED) is 0.777. The summed E-state index contributed by atoms with van der Waals surface area (Å²) in [5.41, 5.74) is 0. The van der Waals surface area contributed by atoms with Crippen molar-refractivity contribution in [1.29, 1.82) is 0 Å². The standard InChI is InChI=1S/C11H19BrN4/c1-9(2)16(8-6-12)10-5-7-13-11(14-10)15(3)4/h5,7,9H,6,8H2,1-4H3. The minimum Gasteiger partial charge on any atom is -0.353 e. The predicted molar refractivity (Wildman–Crippen MR) is 72.6 cm³/mol. The normalized spacial score (nSPS) is 10.6. The molecule has 0 N–H and O–H groups in total. The Morgan fingerprint density at radius 3 is 2.56 bits per heavy atom. The predicted octanol–water partition coefficient (Wildman–Crippen LogP) is 2.15. The first kappa shape index (κ1) is 13.2. The summed E-state index contributed by atoms with van der Waals surface area (Å²) in [5.74, 6) is 1.73. The highest BCUT2D eigenvalue weighted by molar-refractivity contribution is 9.09. The van der Waals surface area contributed by atoms with Gasteiger partial charge in [0.25, 0.3) is 0 Å². The molecule has 0 bridgehead atoms. The summed E-state index contributed by atoms with van der Waals surface area (Å²) in [6.45, 7) is 5.28. The summed E-state index contributed by atoms with van der Waals surface area (Å²) in [6, 6.07) is 2.39. The molecule has 0 radical (unpaired) electrons. The van der Waals surface area contributed by atoms with Gasteiger partial charge in [0.15, 0.2) is 0 Å². The lowest BCUT2D eigenvalue weighted by Crippen LogP contribution is -2.33. The van der Waals surface area contributed by atoms with E-state index in [1.165, 1.54) is 0 Å². The number of hydrogen-bond acceptors (Lipinski definition) is 4. The van der Waals surface area contributed by atoms with Crippen LogP contribution in [0.15, 0.2) is 12.3 Å². The maximum Gasteiger partial charge on any atom is 0.226 e. The highest BCUT2D eigenvalue weighted by Gasteiger charge is 2.12. The fraction of sp³-hybridized carbons (Fsp3) is 0.636. The summed E-state index contributed by atoms with van der Waals surface area (Å²) < 4.78 is 0. The van der Waals surface area contributed by atoms with Gasteiger partial charge in [-0.1, -0.05) is 15.9 Å². The molecule has 0 atom stereocenters. The van der Waals surface area contributed by atoms with Crippen LogP contribution in [0.1, 0.15) is 13.8 Å². The molecule has 0 aliphatic rings. The van der Waals surface area contributed by atoms with E-state index in [-0.39, 0.29) is 0 Å². The topological polar surface area (TPSA) is 32.3 Å². The fourth-order valence-corrected chi connectivity index (χ4v) is 1.83. The van der Waals surface area contributed by atoms with Crippen LogP contribution in [0, 0.1) is 0 Å². The van der Waals surface area contributed by atoms with Crippen LogP contribution in [0.2, 0.25) is 0 Å². The largest absolute Gasteiger partial charge is 0.353 e. The lowest BCUT2D eigenvalue weighted by Gasteiger charge is -2.27. The van der Waals surface area contributed by atoms with Crippen molar-refractivity contribution < 1.29 is 0 Å². The molecule has 1 aromatic heterocycles. The third kappa shape index (κ3) is 3.33. The van der Waals surface area contributed by atoms with E-state index in [1.54, 1.807) is 6.20 Å². The summed E-state index contributed by atoms with van der Waals surface area (Å²) in [5, 5.41) is 0.937. The van der Waals surface area contributed by atoms with Gasteiger partial charge in [0.05, 0.1) is 0 Å². The molecule has 4 nitrogen and oxygen atoms in total. The van der Waals surface area contributed by atoms with Gasteiger partial charge >= 0.3 is 0 Å². The Morgan fingerprint density at radius 1 is 1.38 bits per heavy atom.